The molecule has 1 heterocycles. The second kappa shape index (κ2) is 6.58. The molecule has 0 radical (unpaired) electrons. The fourth-order valence-corrected chi connectivity index (χ4v) is 3.31. The van der Waals surface area contributed by atoms with Crippen LogP contribution in [-0.4, -0.2) is 21.8 Å². The van der Waals surface area contributed by atoms with Gasteiger partial charge in [0.1, 0.15) is 10.7 Å². The van der Waals surface area contributed by atoms with Gasteiger partial charge in [0.2, 0.25) is 0 Å². The zero-order chi connectivity index (χ0) is 15.5. The Bertz CT molecular complexity index is 636. The summed E-state index contributed by atoms with van der Waals surface area (Å²) in [4.78, 5) is 19.2. The van der Waals surface area contributed by atoms with Crippen LogP contribution in [0.25, 0.3) is 0 Å². The van der Waals surface area contributed by atoms with E-state index in [-0.39, 0.29) is 11.9 Å². The lowest BCUT2D eigenvalue weighted by Crippen LogP contribution is -2.39. The van der Waals surface area contributed by atoms with Crippen LogP contribution in [0.2, 0.25) is 0 Å². The fourth-order valence-electron chi connectivity index (χ4n) is 2.66. The minimum Gasteiger partial charge on any atom is -0.330 e. The van der Waals surface area contributed by atoms with Gasteiger partial charge in [0.15, 0.2) is 0 Å². The van der Waals surface area contributed by atoms with Gasteiger partial charge in [0, 0.05) is 24.5 Å². The van der Waals surface area contributed by atoms with Crippen molar-refractivity contribution in [2.24, 2.45) is 11.7 Å². The van der Waals surface area contributed by atoms with Crippen molar-refractivity contribution in [3.8, 4) is 0 Å². The van der Waals surface area contributed by atoms with Crippen molar-refractivity contribution in [2.75, 3.05) is 0 Å². The maximum absolute atomic E-state index is 12.9. The highest BCUT2D eigenvalue weighted by Crippen LogP contribution is 2.36. The number of carbonyl (C=O) groups excluding carboxylic acids is 1. The monoisotopic (exact) mass is 315 g/mol. The summed E-state index contributed by atoms with van der Waals surface area (Å²) in [5.74, 6) is 0.638. The van der Waals surface area contributed by atoms with Crippen LogP contribution < -0.4 is 5.73 Å². The lowest BCUT2D eigenvalue weighted by Gasteiger charge is -2.29. The van der Waals surface area contributed by atoms with E-state index in [1.54, 1.807) is 0 Å². The molecule has 22 heavy (non-hydrogen) atoms. The summed E-state index contributed by atoms with van der Waals surface area (Å²) in [6, 6.07) is 10.4. The predicted octanol–water partition coefficient (Wildman–Crippen LogP) is 3.04. The van der Waals surface area contributed by atoms with Crippen LogP contribution in [0.3, 0.4) is 0 Å². The molecule has 1 atom stereocenters. The first-order valence-corrected chi connectivity index (χ1v) is 8.56. The van der Waals surface area contributed by atoms with Crippen molar-refractivity contribution >= 4 is 17.2 Å². The Morgan fingerprint density at radius 2 is 2.14 bits per heavy atom. The molecule has 1 fully saturated rings. The van der Waals surface area contributed by atoms with E-state index in [0.717, 1.165) is 10.6 Å². The molecule has 1 aliphatic rings. The Balaban J connectivity index is 1.82. The molecule has 1 unspecified atom stereocenters. The normalized spacial score (nSPS) is 15.5. The Kier molecular flexibility index (Phi) is 4.55. The van der Waals surface area contributed by atoms with Crippen molar-refractivity contribution in [2.45, 2.75) is 38.9 Å². The highest BCUT2D eigenvalue weighted by molar-refractivity contribution is 7.09. The SMILES string of the molecule is CC(C1CC1)N(Cc1ccccc1)C(=O)c1csc(CN)n1. The fraction of sp³-hybridized carbons (Fsp3) is 0.412. The predicted molar refractivity (Wildman–Crippen MR) is 88.5 cm³/mol. The van der Waals surface area contributed by atoms with Crippen LogP contribution in [0.15, 0.2) is 35.7 Å². The standard InChI is InChI=1S/C17H21N3OS/c1-12(14-7-8-14)20(10-13-5-3-2-4-6-13)17(21)15-11-22-16(9-18)19-15/h2-6,11-12,14H,7-10,18H2,1H3. The van der Waals surface area contributed by atoms with E-state index in [1.807, 2.05) is 28.5 Å². The molecule has 116 valence electrons. The lowest BCUT2D eigenvalue weighted by molar-refractivity contribution is 0.0649. The average Bonchev–Trinajstić information content (AvgIpc) is 3.29. The number of benzene rings is 1. The number of nitrogens with zero attached hydrogens (tertiary/aromatic N) is 2. The third-order valence-corrected chi connectivity index (χ3v) is 5.07. The summed E-state index contributed by atoms with van der Waals surface area (Å²) >= 11 is 1.45. The van der Waals surface area contributed by atoms with Gasteiger partial charge in [-0.25, -0.2) is 4.98 Å². The summed E-state index contributed by atoms with van der Waals surface area (Å²) in [7, 11) is 0. The van der Waals surface area contributed by atoms with Crippen LogP contribution in [0, 0.1) is 5.92 Å². The summed E-state index contributed by atoms with van der Waals surface area (Å²) in [5, 5.41) is 2.63. The molecule has 0 saturated heterocycles. The van der Waals surface area contributed by atoms with E-state index in [2.05, 4.69) is 24.0 Å². The third-order valence-electron chi connectivity index (χ3n) is 4.20. The molecule has 2 aromatic rings. The highest BCUT2D eigenvalue weighted by atomic mass is 32.1. The van der Waals surface area contributed by atoms with Crippen LogP contribution >= 0.6 is 11.3 Å². The first-order valence-electron chi connectivity index (χ1n) is 7.68. The summed E-state index contributed by atoms with van der Waals surface area (Å²) in [5.41, 5.74) is 7.28. The molecule has 1 saturated carbocycles. The Morgan fingerprint density at radius 1 is 1.41 bits per heavy atom. The second-order valence-electron chi connectivity index (χ2n) is 5.83. The quantitative estimate of drug-likeness (QED) is 0.891. The first kappa shape index (κ1) is 15.2. The maximum atomic E-state index is 12.9. The van der Waals surface area contributed by atoms with Crippen molar-refractivity contribution in [1.82, 2.24) is 9.88 Å². The number of carbonyl (C=O) groups is 1. The van der Waals surface area contributed by atoms with Crippen molar-refractivity contribution in [3.63, 3.8) is 0 Å². The molecular formula is C17H21N3OS. The van der Waals surface area contributed by atoms with E-state index in [0.29, 0.717) is 24.7 Å². The molecule has 0 bridgehead atoms. The molecule has 0 spiro atoms. The van der Waals surface area contributed by atoms with Gasteiger partial charge in [-0.3, -0.25) is 4.79 Å². The topological polar surface area (TPSA) is 59.2 Å². The Labute approximate surface area is 135 Å². The second-order valence-corrected chi connectivity index (χ2v) is 6.77. The van der Waals surface area contributed by atoms with Gasteiger partial charge in [0.05, 0.1) is 0 Å². The van der Waals surface area contributed by atoms with Crippen molar-refractivity contribution in [1.29, 1.82) is 0 Å². The Hall–Kier alpha value is -1.72. The number of aromatic nitrogens is 1. The molecule has 1 aromatic heterocycles. The van der Waals surface area contributed by atoms with Crippen LogP contribution in [-0.2, 0) is 13.1 Å². The van der Waals surface area contributed by atoms with Crippen LogP contribution in [0.5, 0.6) is 0 Å². The molecule has 0 aliphatic heterocycles. The molecule has 1 aromatic carbocycles. The largest absolute Gasteiger partial charge is 0.330 e. The molecule has 3 rings (SSSR count). The molecule has 1 amide bonds. The number of nitrogens with two attached hydrogens (primary N) is 1. The van der Waals surface area contributed by atoms with Crippen molar-refractivity contribution < 1.29 is 4.79 Å². The van der Waals surface area contributed by atoms with E-state index in [1.165, 1.54) is 24.2 Å². The number of rotatable bonds is 6. The summed E-state index contributed by atoms with van der Waals surface area (Å²) in [6.45, 7) is 3.16. The number of hydrogen-bond acceptors (Lipinski definition) is 4. The summed E-state index contributed by atoms with van der Waals surface area (Å²) < 4.78 is 0. The van der Waals surface area contributed by atoms with E-state index in [4.69, 9.17) is 5.73 Å². The van der Waals surface area contributed by atoms with Gasteiger partial charge < -0.3 is 10.6 Å². The molecule has 4 nitrogen and oxygen atoms in total. The molecule has 1 aliphatic carbocycles. The molecular weight excluding hydrogens is 294 g/mol. The van der Waals surface area contributed by atoms with Gasteiger partial charge >= 0.3 is 0 Å². The van der Waals surface area contributed by atoms with E-state index >= 15 is 0 Å². The minimum atomic E-state index is 0.0132. The van der Waals surface area contributed by atoms with Gasteiger partial charge in [-0.05, 0) is 31.2 Å². The molecule has 5 heteroatoms. The van der Waals surface area contributed by atoms with Gasteiger partial charge in [0.25, 0.3) is 5.91 Å². The lowest BCUT2D eigenvalue weighted by atomic mass is 10.1. The van der Waals surface area contributed by atoms with E-state index < -0.39 is 0 Å². The number of hydrogen-bond donors (Lipinski definition) is 1. The number of amides is 1. The zero-order valence-corrected chi connectivity index (χ0v) is 13.6. The molecule has 2 N–H and O–H groups in total. The summed E-state index contributed by atoms with van der Waals surface area (Å²) in [6.07, 6.45) is 2.43. The Morgan fingerprint density at radius 3 is 2.73 bits per heavy atom. The van der Waals surface area contributed by atoms with Crippen LogP contribution in [0.4, 0.5) is 0 Å². The minimum absolute atomic E-state index is 0.0132. The van der Waals surface area contributed by atoms with Gasteiger partial charge in [-0.2, -0.15) is 0 Å². The van der Waals surface area contributed by atoms with Crippen molar-refractivity contribution in [3.05, 3.63) is 52.0 Å². The third kappa shape index (κ3) is 3.36. The smallest absolute Gasteiger partial charge is 0.273 e. The van der Waals surface area contributed by atoms with Crippen LogP contribution in [0.1, 0.15) is 40.8 Å². The highest BCUT2D eigenvalue weighted by Gasteiger charge is 2.35. The maximum Gasteiger partial charge on any atom is 0.273 e. The first-order chi connectivity index (χ1) is 10.7. The van der Waals surface area contributed by atoms with E-state index in [9.17, 15) is 4.79 Å². The van der Waals surface area contributed by atoms with Gasteiger partial charge in [-0.15, -0.1) is 11.3 Å². The number of thiazole rings is 1. The zero-order valence-electron chi connectivity index (χ0n) is 12.7. The van der Waals surface area contributed by atoms with Gasteiger partial charge in [-0.1, -0.05) is 30.3 Å². The average molecular weight is 315 g/mol.